The highest BCUT2D eigenvalue weighted by Crippen LogP contribution is 2.27. The van der Waals surface area contributed by atoms with Gasteiger partial charge < -0.3 is 19.3 Å². The average molecular weight is 512 g/mol. The summed E-state index contributed by atoms with van der Waals surface area (Å²) in [5.74, 6) is -0.107. The van der Waals surface area contributed by atoms with E-state index in [0.717, 1.165) is 9.05 Å². The third-order valence-corrected chi connectivity index (χ3v) is 5.14. The highest BCUT2D eigenvalue weighted by atomic mass is 79.9. The molecule has 0 saturated carbocycles. The van der Waals surface area contributed by atoms with Crippen LogP contribution in [0.4, 0.5) is 5.69 Å². The van der Waals surface area contributed by atoms with E-state index in [2.05, 4.69) is 26.2 Å². The average Bonchev–Trinajstić information content (AvgIpc) is 3.18. The summed E-state index contributed by atoms with van der Waals surface area (Å²) in [7, 11) is 1.46. The molecule has 0 aliphatic heterocycles. The van der Waals surface area contributed by atoms with Crippen molar-refractivity contribution in [3.05, 3.63) is 92.0 Å². The minimum Gasteiger partial charge on any atom is -0.495 e. The van der Waals surface area contributed by atoms with Crippen LogP contribution in [-0.4, -0.2) is 28.5 Å². The second-order valence-electron chi connectivity index (χ2n) is 7.04. The molecule has 0 atom stereocenters. The van der Waals surface area contributed by atoms with Gasteiger partial charge >= 0.3 is 5.97 Å². The van der Waals surface area contributed by atoms with Crippen molar-refractivity contribution in [2.75, 3.05) is 12.4 Å². The van der Waals surface area contributed by atoms with Crippen LogP contribution in [0.2, 0.25) is 0 Å². The Hall–Kier alpha value is -3.92. The molecule has 168 valence electrons. The normalized spacial score (nSPS) is 10.8. The number of methoxy groups -OCH3 is 1. The molecule has 0 aliphatic rings. The molecule has 0 bridgehead atoms. The van der Waals surface area contributed by atoms with Crippen molar-refractivity contribution in [1.29, 1.82) is 0 Å². The van der Waals surface area contributed by atoms with Crippen LogP contribution in [0.25, 0.3) is 5.65 Å². The number of anilines is 1. The zero-order valence-corrected chi connectivity index (χ0v) is 19.2. The van der Waals surface area contributed by atoms with Crippen molar-refractivity contribution in [1.82, 2.24) is 9.56 Å². The van der Waals surface area contributed by atoms with Crippen molar-refractivity contribution >= 4 is 39.1 Å². The zero-order chi connectivity index (χ0) is 23.5. The smallest absolute Gasteiger partial charge is 0.338 e. The predicted molar refractivity (Wildman–Crippen MR) is 123 cm³/mol. The fraction of sp³-hybridized carbons (Fsp3) is 0.130. The van der Waals surface area contributed by atoms with Gasteiger partial charge in [-0.15, -0.1) is 4.57 Å². The fourth-order valence-corrected chi connectivity index (χ4v) is 3.53. The number of halogens is 1. The van der Waals surface area contributed by atoms with Gasteiger partial charge in [-0.3, -0.25) is 9.59 Å². The lowest BCUT2D eigenvalue weighted by Gasteiger charge is -2.12. The summed E-state index contributed by atoms with van der Waals surface area (Å²) >= 11 is 3.33. The number of aromatic nitrogens is 2. The summed E-state index contributed by atoms with van der Waals surface area (Å²) in [5.41, 5.74) is 1.13. The van der Waals surface area contributed by atoms with Gasteiger partial charge in [-0.25, -0.2) is 9.78 Å². The van der Waals surface area contributed by atoms with Gasteiger partial charge in [0.2, 0.25) is 0 Å². The molecule has 33 heavy (non-hydrogen) atoms. The number of esters is 1. The third-order valence-electron chi connectivity index (χ3n) is 4.65. The van der Waals surface area contributed by atoms with Crippen molar-refractivity contribution in [2.24, 2.45) is 0 Å². The Balaban J connectivity index is 1.51. The molecule has 0 unspecified atom stereocenters. The number of hydrogen-bond acceptors (Lipinski definition) is 7. The Bertz CT molecular complexity index is 1430. The number of hydrogen-bond donors (Lipinski definition) is 1. The monoisotopic (exact) mass is 511 g/mol. The van der Waals surface area contributed by atoms with Gasteiger partial charge in [-0.1, -0.05) is 22.0 Å². The quantitative estimate of drug-likeness (QED) is 0.389. The lowest BCUT2D eigenvalue weighted by atomic mass is 10.1. The number of ether oxygens (including phenoxy) is 2. The standard InChI is InChI=1S/C23H18BrN3O6/c1-13-8-20-25-17(11-21(28)27(20)33-13)12-32-23(30)15-6-7-19(31-2)18(10-15)26-22(29)14-4-3-5-16(24)9-14/h3-11H,12H2,1-2H3,(H,26,29). The molecule has 9 nitrogen and oxygen atoms in total. The summed E-state index contributed by atoms with van der Waals surface area (Å²) in [6.45, 7) is 1.49. The molecule has 2 aromatic carbocycles. The summed E-state index contributed by atoms with van der Waals surface area (Å²) in [5, 5.41) is 2.74. The first-order valence-electron chi connectivity index (χ1n) is 9.76. The maximum Gasteiger partial charge on any atom is 0.338 e. The largest absolute Gasteiger partial charge is 0.495 e. The van der Waals surface area contributed by atoms with Crippen molar-refractivity contribution in [2.45, 2.75) is 13.5 Å². The maximum absolute atomic E-state index is 12.6. The van der Waals surface area contributed by atoms with Gasteiger partial charge in [0.25, 0.3) is 11.5 Å². The Morgan fingerprint density at radius 3 is 2.70 bits per heavy atom. The number of fused-ring (bicyclic) bond motifs is 1. The first-order valence-corrected chi connectivity index (χ1v) is 10.5. The lowest BCUT2D eigenvalue weighted by Crippen LogP contribution is -2.15. The van der Waals surface area contributed by atoms with Gasteiger partial charge in [0.15, 0.2) is 5.65 Å². The van der Waals surface area contributed by atoms with E-state index in [1.165, 1.54) is 25.3 Å². The molecule has 10 heteroatoms. The van der Waals surface area contributed by atoms with Gasteiger partial charge in [0, 0.05) is 22.2 Å². The molecule has 0 fully saturated rings. The van der Waals surface area contributed by atoms with Gasteiger partial charge in [-0.05, 0) is 43.3 Å². The Morgan fingerprint density at radius 2 is 1.94 bits per heavy atom. The molecular formula is C23H18BrN3O6. The number of carbonyl (C=O) groups is 2. The van der Waals surface area contributed by atoms with E-state index in [9.17, 15) is 14.4 Å². The molecule has 1 amide bonds. The van der Waals surface area contributed by atoms with Crippen LogP contribution in [0.15, 0.2) is 68.4 Å². The van der Waals surface area contributed by atoms with Gasteiger partial charge in [0.1, 0.15) is 18.1 Å². The summed E-state index contributed by atoms with van der Waals surface area (Å²) in [4.78, 5) is 41.6. The van der Waals surface area contributed by atoms with E-state index in [4.69, 9.17) is 14.0 Å². The second kappa shape index (κ2) is 9.29. The molecule has 4 rings (SSSR count). The first-order chi connectivity index (χ1) is 15.8. The van der Waals surface area contributed by atoms with E-state index in [-0.39, 0.29) is 23.8 Å². The number of nitrogens with one attached hydrogen (secondary N) is 1. The van der Waals surface area contributed by atoms with E-state index < -0.39 is 11.5 Å². The van der Waals surface area contributed by atoms with Crippen LogP contribution in [-0.2, 0) is 11.3 Å². The van der Waals surface area contributed by atoms with Crippen LogP contribution in [0, 0.1) is 6.92 Å². The SMILES string of the molecule is COc1ccc(C(=O)OCc2cc(=O)n3oc(C)cc3n2)cc1NC(=O)c1cccc(Br)c1. The zero-order valence-electron chi connectivity index (χ0n) is 17.6. The predicted octanol–water partition coefficient (Wildman–Crippen LogP) is 3.98. The highest BCUT2D eigenvalue weighted by Gasteiger charge is 2.16. The molecule has 1 N–H and O–H groups in total. The summed E-state index contributed by atoms with van der Waals surface area (Å²) < 4.78 is 17.7. The number of amides is 1. The molecule has 2 heterocycles. The van der Waals surface area contributed by atoms with Gasteiger partial charge in [0.05, 0.1) is 24.1 Å². The van der Waals surface area contributed by atoms with Crippen LogP contribution in [0.1, 0.15) is 32.2 Å². The van der Waals surface area contributed by atoms with Crippen LogP contribution in [0.3, 0.4) is 0 Å². The van der Waals surface area contributed by atoms with Crippen molar-refractivity contribution in [3.63, 3.8) is 0 Å². The summed E-state index contributed by atoms with van der Waals surface area (Å²) in [6.07, 6.45) is 0. The van der Waals surface area contributed by atoms with Gasteiger partial charge in [-0.2, -0.15) is 0 Å². The Morgan fingerprint density at radius 1 is 1.12 bits per heavy atom. The Labute approximate surface area is 196 Å². The summed E-state index contributed by atoms with van der Waals surface area (Å²) in [6, 6.07) is 14.3. The Kier molecular flexibility index (Phi) is 6.27. The van der Waals surface area contributed by atoms with Crippen LogP contribution >= 0.6 is 15.9 Å². The lowest BCUT2D eigenvalue weighted by molar-refractivity contribution is 0.0467. The maximum atomic E-state index is 12.6. The number of carbonyl (C=O) groups excluding carboxylic acids is 2. The molecule has 4 aromatic rings. The molecule has 0 saturated heterocycles. The van der Waals surface area contributed by atoms with E-state index >= 15 is 0 Å². The molecule has 0 spiro atoms. The molecule has 0 radical (unpaired) electrons. The minimum atomic E-state index is -0.652. The molecule has 2 aromatic heterocycles. The van der Waals surface area contributed by atoms with Crippen molar-refractivity contribution < 1.29 is 23.6 Å². The van der Waals surface area contributed by atoms with E-state index in [0.29, 0.717) is 28.4 Å². The number of aryl methyl sites for hydroxylation is 1. The molecular weight excluding hydrogens is 494 g/mol. The fourth-order valence-electron chi connectivity index (χ4n) is 3.13. The second-order valence-corrected chi connectivity index (χ2v) is 7.96. The van der Waals surface area contributed by atoms with E-state index in [1.807, 2.05) is 6.07 Å². The van der Waals surface area contributed by atoms with Crippen LogP contribution in [0.5, 0.6) is 5.75 Å². The van der Waals surface area contributed by atoms with Crippen LogP contribution < -0.4 is 15.6 Å². The number of benzene rings is 2. The topological polar surface area (TPSA) is 112 Å². The van der Waals surface area contributed by atoms with E-state index in [1.54, 1.807) is 37.3 Å². The first kappa shape index (κ1) is 22.3. The van der Waals surface area contributed by atoms with Crippen molar-refractivity contribution in [3.8, 4) is 5.75 Å². The molecule has 0 aliphatic carbocycles. The number of rotatable bonds is 6. The number of nitrogens with zero attached hydrogens (tertiary/aromatic N) is 2. The minimum absolute atomic E-state index is 0.192. The third kappa shape index (κ3) is 4.96. The highest BCUT2D eigenvalue weighted by molar-refractivity contribution is 9.10.